The zero-order chi connectivity index (χ0) is 18.7. The van der Waals surface area contributed by atoms with Crippen molar-refractivity contribution in [2.45, 2.75) is 27.3 Å². The number of carbonyl (C=O) groups is 2. The largest absolute Gasteiger partial charge is 0.469 e. The van der Waals surface area contributed by atoms with E-state index in [2.05, 4.69) is 5.32 Å². The van der Waals surface area contributed by atoms with E-state index in [1.165, 1.54) is 6.26 Å². The van der Waals surface area contributed by atoms with Crippen molar-refractivity contribution in [2.24, 2.45) is 0 Å². The van der Waals surface area contributed by atoms with Gasteiger partial charge in [-0.3, -0.25) is 9.59 Å². The van der Waals surface area contributed by atoms with E-state index < -0.39 is 0 Å². The van der Waals surface area contributed by atoms with Gasteiger partial charge in [0.05, 0.1) is 11.8 Å². The third-order valence-electron chi connectivity index (χ3n) is 4.55. The number of amides is 2. The van der Waals surface area contributed by atoms with Crippen LogP contribution < -0.4 is 5.32 Å². The molecule has 2 aromatic heterocycles. The van der Waals surface area contributed by atoms with Gasteiger partial charge in [0, 0.05) is 35.9 Å². The van der Waals surface area contributed by atoms with Crippen molar-refractivity contribution in [1.29, 1.82) is 0 Å². The molecular weight excluding hydrogens is 330 g/mol. The first-order valence-electron chi connectivity index (χ1n) is 8.75. The summed E-state index contributed by atoms with van der Waals surface area (Å²) >= 11 is 0. The lowest BCUT2D eigenvalue weighted by Crippen LogP contribution is -2.33. The number of anilines is 1. The molecule has 0 atom stereocenters. The zero-order valence-corrected chi connectivity index (χ0v) is 15.3. The number of furan rings is 1. The molecule has 0 unspecified atom stereocenters. The third kappa shape index (κ3) is 3.49. The first-order chi connectivity index (χ1) is 12.5. The van der Waals surface area contributed by atoms with E-state index in [-0.39, 0.29) is 11.8 Å². The summed E-state index contributed by atoms with van der Waals surface area (Å²) in [4.78, 5) is 26.4. The Kier molecular flexibility index (Phi) is 5.11. The highest BCUT2D eigenvalue weighted by Gasteiger charge is 2.14. The number of aryl methyl sites for hydroxylation is 1. The van der Waals surface area contributed by atoms with Crippen LogP contribution in [0.1, 0.15) is 30.0 Å². The maximum atomic E-state index is 12.3. The topological polar surface area (TPSA) is 67.5 Å². The number of hydrogen-bond donors (Lipinski definition) is 1. The van der Waals surface area contributed by atoms with E-state index in [1.807, 2.05) is 53.8 Å². The fourth-order valence-electron chi connectivity index (χ4n) is 3.06. The highest BCUT2D eigenvalue weighted by molar-refractivity contribution is 6.05. The number of rotatable bonds is 6. The lowest BCUT2D eigenvalue weighted by atomic mass is 10.2. The number of nitrogens with one attached hydrogen (secondary N) is 1. The molecule has 0 spiro atoms. The van der Waals surface area contributed by atoms with Crippen LogP contribution in [0.4, 0.5) is 5.69 Å². The molecule has 0 saturated heterocycles. The van der Waals surface area contributed by atoms with Crippen molar-refractivity contribution in [3.8, 4) is 0 Å². The van der Waals surface area contributed by atoms with Gasteiger partial charge in [0.15, 0.2) is 0 Å². The number of likely N-dealkylation sites (N-methyl/N-ethyl adjacent to an activating group) is 1. The molecule has 6 heteroatoms. The minimum Gasteiger partial charge on any atom is -0.469 e. The second-order valence-electron chi connectivity index (χ2n) is 6.13. The summed E-state index contributed by atoms with van der Waals surface area (Å²) in [5.74, 6) is 0.483. The van der Waals surface area contributed by atoms with Crippen LogP contribution in [0.3, 0.4) is 0 Å². The second-order valence-corrected chi connectivity index (χ2v) is 6.13. The van der Waals surface area contributed by atoms with Crippen LogP contribution >= 0.6 is 0 Å². The molecule has 0 bridgehead atoms. The predicted molar refractivity (Wildman–Crippen MR) is 101 cm³/mol. The highest BCUT2D eigenvalue weighted by atomic mass is 16.3. The summed E-state index contributed by atoms with van der Waals surface area (Å²) in [6.45, 7) is 7.43. The molecule has 2 heterocycles. The van der Waals surface area contributed by atoms with Gasteiger partial charge in [0.25, 0.3) is 5.91 Å². The van der Waals surface area contributed by atoms with Gasteiger partial charge < -0.3 is 19.2 Å². The van der Waals surface area contributed by atoms with Gasteiger partial charge in [-0.15, -0.1) is 0 Å². The van der Waals surface area contributed by atoms with E-state index in [9.17, 15) is 9.59 Å². The van der Waals surface area contributed by atoms with Gasteiger partial charge in [-0.05, 0) is 51.1 Å². The first-order valence-corrected chi connectivity index (χ1v) is 8.75. The quantitative estimate of drug-likeness (QED) is 0.735. The van der Waals surface area contributed by atoms with Gasteiger partial charge in [0.2, 0.25) is 5.91 Å². The molecule has 26 heavy (non-hydrogen) atoms. The Morgan fingerprint density at radius 2 is 1.92 bits per heavy atom. The van der Waals surface area contributed by atoms with Crippen LogP contribution in [-0.2, 0) is 11.3 Å². The van der Waals surface area contributed by atoms with Crippen molar-refractivity contribution >= 4 is 28.4 Å². The minimum atomic E-state index is -0.202. The maximum absolute atomic E-state index is 12.3. The Hall–Kier alpha value is -3.02. The molecule has 3 rings (SSSR count). The predicted octanol–water partition coefficient (Wildman–Crippen LogP) is 3.66. The third-order valence-corrected chi connectivity index (χ3v) is 4.55. The maximum Gasteiger partial charge on any atom is 0.259 e. The van der Waals surface area contributed by atoms with Gasteiger partial charge >= 0.3 is 0 Å². The summed E-state index contributed by atoms with van der Waals surface area (Å²) in [6.07, 6.45) is 3.40. The number of hydrogen-bond acceptors (Lipinski definition) is 3. The summed E-state index contributed by atoms with van der Waals surface area (Å²) in [5, 5.41) is 3.85. The van der Waals surface area contributed by atoms with Crippen LogP contribution in [0.15, 0.2) is 47.2 Å². The van der Waals surface area contributed by atoms with Crippen molar-refractivity contribution in [2.75, 3.05) is 18.4 Å². The first kappa shape index (κ1) is 17.8. The molecule has 0 aliphatic carbocycles. The van der Waals surface area contributed by atoms with Gasteiger partial charge in [-0.1, -0.05) is 0 Å². The fourth-order valence-corrected chi connectivity index (χ4v) is 3.06. The summed E-state index contributed by atoms with van der Waals surface area (Å²) in [5.41, 5.74) is 2.19. The van der Waals surface area contributed by atoms with Crippen LogP contribution in [0.25, 0.3) is 10.9 Å². The Balaban J connectivity index is 1.78. The van der Waals surface area contributed by atoms with Crippen molar-refractivity contribution < 1.29 is 14.0 Å². The van der Waals surface area contributed by atoms with Crippen LogP contribution in [0.5, 0.6) is 0 Å². The van der Waals surface area contributed by atoms with E-state index in [0.717, 1.165) is 10.9 Å². The van der Waals surface area contributed by atoms with Crippen LogP contribution in [0.2, 0.25) is 0 Å². The van der Waals surface area contributed by atoms with E-state index >= 15 is 0 Å². The van der Waals surface area contributed by atoms with Gasteiger partial charge in [-0.2, -0.15) is 0 Å². The molecule has 0 aliphatic heterocycles. The molecule has 2 amide bonds. The summed E-state index contributed by atoms with van der Waals surface area (Å²) in [7, 11) is 0. The Bertz CT molecular complexity index is 935. The molecular formula is C20H23N3O3. The SMILES string of the molecule is CCN(CC)C(=O)Cn1ccc2cc(NC(=O)c3ccoc3C)ccc21. The molecule has 0 saturated carbocycles. The molecule has 1 aromatic carbocycles. The number of fused-ring (bicyclic) bond motifs is 1. The van der Waals surface area contributed by atoms with Gasteiger partial charge in [0.1, 0.15) is 12.3 Å². The lowest BCUT2D eigenvalue weighted by molar-refractivity contribution is -0.131. The molecule has 0 fully saturated rings. The van der Waals surface area contributed by atoms with E-state index in [4.69, 9.17) is 4.42 Å². The van der Waals surface area contributed by atoms with Gasteiger partial charge in [-0.25, -0.2) is 0 Å². The fraction of sp³-hybridized carbons (Fsp3) is 0.300. The molecule has 136 valence electrons. The average Bonchev–Trinajstić information content (AvgIpc) is 3.22. The Morgan fingerprint density at radius 3 is 2.58 bits per heavy atom. The number of carbonyl (C=O) groups excluding carboxylic acids is 2. The Morgan fingerprint density at radius 1 is 1.15 bits per heavy atom. The molecule has 6 nitrogen and oxygen atoms in total. The molecule has 0 aliphatic rings. The van der Waals surface area contributed by atoms with Crippen molar-refractivity contribution in [1.82, 2.24) is 9.47 Å². The number of aromatic nitrogens is 1. The molecule has 1 N–H and O–H groups in total. The molecule has 3 aromatic rings. The monoisotopic (exact) mass is 353 g/mol. The second kappa shape index (κ2) is 7.47. The molecule has 0 radical (unpaired) electrons. The lowest BCUT2D eigenvalue weighted by Gasteiger charge is -2.19. The summed E-state index contributed by atoms with van der Waals surface area (Å²) in [6, 6.07) is 9.26. The summed E-state index contributed by atoms with van der Waals surface area (Å²) < 4.78 is 7.10. The normalized spacial score (nSPS) is 10.9. The number of nitrogens with zero attached hydrogens (tertiary/aromatic N) is 2. The average molecular weight is 353 g/mol. The van der Waals surface area contributed by atoms with Crippen molar-refractivity contribution in [3.63, 3.8) is 0 Å². The van der Waals surface area contributed by atoms with E-state index in [1.54, 1.807) is 13.0 Å². The zero-order valence-electron chi connectivity index (χ0n) is 15.3. The standard InChI is InChI=1S/C20H23N3O3/c1-4-22(5-2)19(24)13-23-10-8-15-12-16(6-7-18(15)23)21-20(25)17-9-11-26-14(17)3/h6-12H,4-5,13H2,1-3H3,(H,21,25). The van der Waals surface area contributed by atoms with E-state index in [0.29, 0.717) is 36.6 Å². The van der Waals surface area contributed by atoms with Crippen LogP contribution in [-0.4, -0.2) is 34.4 Å². The number of benzene rings is 1. The Labute approximate surface area is 152 Å². The minimum absolute atomic E-state index is 0.0975. The van der Waals surface area contributed by atoms with Crippen LogP contribution in [0, 0.1) is 6.92 Å². The highest BCUT2D eigenvalue weighted by Crippen LogP contribution is 2.22. The smallest absolute Gasteiger partial charge is 0.259 e. The van der Waals surface area contributed by atoms with Crippen molar-refractivity contribution in [3.05, 3.63) is 54.1 Å².